The Kier molecular flexibility index (Phi) is 2.42. The normalized spacial score (nSPS) is 18.9. The molecule has 84 valence electrons. The van der Waals surface area contributed by atoms with Crippen molar-refractivity contribution in [3.8, 4) is 0 Å². The standard InChI is InChI=1S/C10H18N4O/c1-6(11)8-13-14-9(15-8)12-10(2,3)7-4-5-7/h6-7H,4-5,11H2,1-3H3,(H,12,14). The Balaban J connectivity index is 2.03. The molecule has 0 amide bonds. The maximum atomic E-state index is 5.64. The number of anilines is 1. The van der Waals surface area contributed by atoms with Gasteiger partial charge in [0.1, 0.15) is 0 Å². The zero-order valence-corrected chi connectivity index (χ0v) is 9.45. The minimum atomic E-state index is -0.211. The Labute approximate surface area is 89.4 Å². The summed E-state index contributed by atoms with van der Waals surface area (Å²) < 4.78 is 5.40. The summed E-state index contributed by atoms with van der Waals surface area (Å²) in [5, 5.41) is 11.1. The number of nitrogens with two attached hydrogens (primary N) is 1. The van der Waals surface area contributed by atoms with E-state index >= 15 is 0 Å². The van der Waals surface area contributed by atoms with Gasteiger partial charge in [-0.1, -0.05) is 5.10 Å². The SMILES string of the molecule is CC(N)c1nnc(NC(C)(C)C2CC2)o1. The highest BCUT2D eigenvalue weighted by Crippen LogP contribution is 2.40. The monoisotopic (exact) mass is 210 g/mol. The van der Waals surface area contributed by atoms with Crippen LogP contribution < -0.4 is 11.1 Å². The molecule has 15 heavy (non-hydrogen) atoms. The summed E-state index contributed by atoms with van der Waals surface area (Å²) in [7, 11) is 0. The van der Waals surface area contributed by atoms with Crippen LogP contribution in [0.3, 0.4) is 0 Å². The van der Waals surface area contributed by atoms with E-state index in [-0.39, 0.29) is 11.6 Å². The maximum Gasteiger partial charge on any atom is 0.315 e. The fourth-order valence-corrected chi connectivity index (χ4v) is 1.65. The van der Waals surface area contributed by atoms with Crippen molar-refractivity contribution in [2.45, 2.75) is 45.2 Å². The van der Waals surface area contributed by atoms with Crippen molar-refractivity contribution >= 4 is 6.01 Å². The molecule has 1 unspecified atom stereocenters. The molecule has 0 aliphatic heterocycles. The van der Waals surface area contributed by atoms with E-state index in [0.29, 0.717) is 17.8 Å². The molecular weight excluding hydrogens is 192 g/mol. The molecule has 1 atom stereocenters. The van der Waals surface area contributed by atoms with Crippen LogP contribution in [0.4, 0.5) is 6.01 Å². The van der Waals surface area contributed by atoms with Crippen LogP contribution in [-0.2, 0) is 0 Å². The van der Waals surface area contributed by atoms with E-state index in [1.165, 1.54) is 12.8 Å². The van der Waals surface area contributed by atoms with Crippen molar-refractivity contribution in [1.29, 1.82) is 0 Å². The number of rotatable bonds is 4. The van der Waals surface area contributed by atoms with Crippen LogP contribution in [0.15, 0.2) is 4.42 Å². The Morgan fingerprint density at radius 3 is 2.60 bits per heavy atom. The molecule has 5 nitrogen and oxygen atoms in total. The van der Waals surface area contributed by atoms with Gasteiger partial charge >= 0.3 is 6.01 Å². The molecule has 1 aromatic rings. The third-order valence-corrected chi connectivity index (χ3v) is 2.86. The minimum absolute atomic E-state index is 0.0294. The van der Waals surface area contributed by atoms with Gasteiger partial charge in [0.15, 0.2) is 0 Å². The van der Waals surface area contributed by atoms with Crippen molar-refractivity contribution in [3.05, 3.63) is 5.89 Å². The Morgan fingerprint density at radius 2 is 2.13 bits per heavy atom. The predicted octanol–water partition coefficient (Wildman–Crippen LogP) is 1.69. The molecule has 3 N–H and O–H groups in total. The quantitative estimate of drug-likeness (QED) is 0.790. The second-order valence-electron chi connectivity index (χ2n) is 4.86. The van der Waals surface area contributed by atoms with Crippen LogP contribution in [0.1, 0.15) is 45.5 Å². The fourth-order valence-electron chi connectivity index (χ4n) is 1.65. The van der Waals surface area contributed by atoms with Crippen LogP contribution in [0.2, 0.25) is 0 Å². The lowest BCUT2D eigenvalue weighted by molar-refractivity contribution is 0.435. The first-order valence-electron chi connectivity index (χ1n) is 5.36. The molecule has 5 heteroatoms. The Hall–Kier alpha value is -1.10. The topological polar surface area (TPSA) is 77.0 Å². The summed E-state index contributed by atoms with van der Waals surface area (Å²) in [6, 6.07) is 0.260. The average molecular weight is 210 g/mol. The van der Waals surface area contributed by atoms with E-state index in [2.05, 4.69) is 29.4 Å². The highest BCUT2D eigenvalue weighted by atomic mass is 16.4. The molecule has 2 rings (SSSR count). The van der Waals surface area contributed by atoms with E-state index in [1.54, 1.807) is 0 Å². The molecule has 1 saturated carbocycles. The zero-order chi connectivity index (χ0) is 11.1. The van der Waals surface area contributed by atoms with Gasteiger partial charge in [-0.05, 0) is 39.5 Å². The number of nitrogens with one attached hydrogen (secondary N) is 1. The lowest BCUT2D eigenvalue weighted by atomic mass is 9.99. The van der Waals surface area contributed by atoms with Gasteiger partial charge in [-0.15, -0.1) is 5.10 Å². The van der Waals surface area contributed by atoms with Gasteiger partial charge in [0.05, 0.1) is 6.04 Å². The highest BCUT2D eigenvalue weighted by Gasteiger charge is 2.38. The second kappa shape index (κ2) is 3.48. The zero-order valence-electron chi connectivity index (χ0n) is 9.45. The van der Waals surface area contributed by atoms with Crippen LogP contribution >= 0.6 is 0 Å². The highest BCUT2D eigenvalue weighted by molar-refractivity contribution is 5.25. The Morgan fingerprint density at radius 1 is 1.47 bits per heavy atom. The largest absolute Gasteiger partial charge is 0.406 e. The Bertz CT molecular complexity index is 341. The third-order valence-electron chi connectivity index (χ3n) is 2.86. The molecule has 0 radical (unpaired) electrons. The first-order chi connectivity index (χ1) is 6.99. The summed E-state index contributed by atoms with van der Waals surface area (Å²) in [4.78, 5) is 0. The molecule has 0 saturated heterocycles. The first-order valence-corrected chi connectivity index (χ1v) is 5.36. The van der Waals surface area contributed by atoms with Crippen LogP contribution in [0.5, 0.6) is 0 Å². The first kappa shape index (κ1) is 10.4. The lowest BCUT2D eigenvalue weighted by Gasteiger charge is -2.24. The van der Waals surface area contributed by atoms with Gasteiger partial charge in [0, 0.05) is 5.54 Å². The molecular formula is C10H18N4O. The minimum Gasteiger partial charge on any atom is -0.406 e. The molecule has 1 heterocycles. The number of aromatic nitrogens is 2. The molecule has 1 aromatic heterocycles. The number of hydrogen-bond acceptors (Lipinski definition) is 5. The molecule has 1 aliphatic carbocycles. The fraction of sp³-hybridized carbons (Fsp3) is 0.800. The summed E-state index contributed by atoms with van der Waals surface area (Å²) in [6.07, 6.45) is 2.54. The van der Waals surface area contributed by atoms with E-state index in [0.717, 1.165) is 0 Å². The van der Waals surface area contributed by atoms with E-state index in [9.17, 15) is 0 Å². The van der Waals surface area contributed by atoms with Gasteiger partial charge in [-0.3, -0.25) is 0 Å². The number of hydrogen-bond donors (Lipinski definition) is 2. The lowest BCUT2D eigenvalue weighted by Crippen LogP contribution is -2.33. The summed E-state index contributed by atoms with van der Waals surface area (Å²) >= 11 is 0. The summed E-state index contributed by atoms with van der Waals surface area (Å²) in [5.41, 5.74) is 5.67. The molecule has 0 bridgehead atoms. The molecule has 1 fully saturated rings. The average Bonchev–Trinajstić information content (AvgIpc) is 2.88. The van der Waals surface area contributed by atoms with Gasteiger partial charge in [-0.25, -0.2) is 0 Å². The third kappa shape index (κ3) is 2.28. The van der Waals surface area contributed by atoms with Gasteiger partial charge < -0.3 is 15.5 Å². The van der Waals surface area contributed by atoms with Crippen LogP contribution in [0.25, 0.3) is 0 Å². The smallest absolute Gasteiger partial charge is 0.315 e. The maximum absolute atomic E-state index is 5.64. The van der Waals surface area contributed by atoms with Gasteiger partial charge in [-0.2, -0.15) is 0 Å². The van der Waals surface area contributed by atoms with Crippen molar-refractivity contribution in [2.24, 2.45) is 11.7 Å². The van der Waals surface area contributed by atoms with Crippen molar-refractivity contribution in [3.63, 3.8) is 0 Å². The van der Waals surface area contributed by atoms with E-state index in [1.807, 2.05) is 6.92 Å². The number of nitrogens with zero attached hydrogens (tertiary/aromatic N) is 2. The predicted molar refractivity (Wildman–Crippen MR) is 57.3 cm³/mol. The van der Waals surface area contributed by atoms with Crippen molar-refractivity contribution in [1.82, 2.24) is 10.2 Å². The molecule has 0 aromatic carbocycles. The van der Waals surface area contributed by atoms with Crippen molar-refractivity contribution < 1.29 is 4.42 Å². The van der Waals surface area contributed by atoms with Crippen molar-refractivity contribution in [2.75, 3.05) is 5.32 Å². The van der Waals surface area contributed by atoms with E-state index < -0.39 is 0 Å². The van der Waals surface area contributed by atoms with E-state index in [4.69, 9.17) is 10.2 Å². The molecule has 0 spiro atoms. The molecule has 1 aliphatic rings. The van der Waals surface area contributed by atoms with Crippen LogP contribution in [-0.4, -0.2) is 15.7 Å². The van der Waals surface area contributed by atoms with Crippen LogP contribution in [0, 0.1) is 5.92 Å². The van der Waals surface area contributed by atoms with Gasteiger partial charge in [0.2, 0.25) is 5.89 Å². The summed E-state index contributed by atoms with van der Waals surface area (Å²) in [6.45, 7) is 6.13. The second-order valence-corrected chi connectivity index (χ2v) is 4.86. The summed E-state index contributed by atoms with van der Waals surface area (Å²) in [5.74, 6) is 1.19. The van der Waals surface area contributed by atoms with Gasteiger partial charge in [0.25, 0.3) is 0 Å².